The lowest BCUT2D eigenvalue weighted by Crippen LogP contribution is -2.30. The van der Waals surface area contributed by atoms with Crippen LogP contribution in [0.2, 0.25) is 0 Å². The van der Waals surface area contributed by atoms with Crippen LogP contribution in [0, 0.1) is 20.8 Å². The number of carbonyl (C=O) groups excluding carboxylic acids is 1. The van der Waals surface area contributed by atoms with Crippen LogP contribution in [0.4, 0.5) is 0 Å². The molecule has 3 nitrogen and oxygen atoms in total. The van der Waals surface area contributed by atoms with Gasteiger partial charge in [-0.05, 0) is 45.2 Å². The molecule has 0 spiro atoms. The van der Waals surface area contributed by atoms with E-state index in [2.05, 4.69) is 0 Å². The van der Waals surface area contributed by atoms with Crippen molar-refractivity contribution in [1.82, 2.24) is 4.90 Å². The topological polar surface area (TPSA) is 40.5 Å². The van der Waals surface area contributed by atoms with Crippen LogP contribution in [0.25, 0.3) is 0 Å². The van der Waals surface area contributed by atoms with Gasteiger partial charge in [0.25, 0.3) is 5.91 Å². The van der Waals surface area contributed by atoms with Gasteiger partial charge in [0.05, 0.1) is 6.10 Å². The number of hydrogen-bond acceptors (Lipinski definition) is 2. The molecule has 3 heteroatoms. The second-order valence-corrected chi connectivity index (χ2v) is 5.14. The maximum atomic E-state index is 12.4. The first-order valence-corrected chi connectivity index (χ1v) is 6.34. The van der Waals surface area contributed by atoms with E-state index in [1.165, 1.54) is 5.56 Å². The summed E-state index contributed by atoms with van der Waals surface area (Å²) in [6, 6.07) is 4.06. The molecule has 0 aliphatic heterocycles. The molecule has 0 fully saturated rings. The number of aliphatic hydroxyl groups is 1. The van der Waals surface area contributed by atoms with E-state index >= 15 is 0 Å². The highest BCUT2D eigenvalue weighted by atomic mass is 16.3. The molecule has 1 atom stereocenters. The maximum absolute atomic E-state index is 12.4. The third-order valence-electron chi connectivity index (χ3n) is 3.12. The van der Waals surface area contributed by atoms with E-state index in [-0.39, 0.29) is 12.0 Å². The number of nitrogens with zero attached hydrogens (tertiary/aromatic N) is 1. The summed E-state index contributed by atoms with van der Waals surface area (Å²) < 4.78 is 0. The second-order valence-electron chi connectivity index (χ2n) is 5.14. The smallest absolute Gasteiger partial charge is 0.254 e. The minimum absolute atomic E-state index is 0.0330. The number of aliphatic hydroxyl groups excluding tert-OH is 1. The molecular weight excluding hydrogens is 226 g/mol. The molecule has 0 aromatic heterocycles. The molecule has 1 unspecified atom stereocenters. The van der Waals surface area contributed by atoms with Crippen molar-refractivity contribution in [3.05, 3.63) is 34.4 Å². The van der Waals surface area contributed by atoms with Crippen molar-refractivity contribution in [2.24, 2.45) is 0 Å². The Kier molecular flexibility index (Phi) is 4.91. The number of aryl methyl sites for hydroxylation is 3. The van der Waals surface area contributed by atoms with Crippen molar-refractivity contribution < 1.29 is 9.90 Å². The van der Waals surface area contributed by atoms with E-state index in [9.17, 15) is 9.90 Å². The van der Waals surface area contributed by atoms with Gasteiger partial charge in [0.1, 0.15) is 0 Å². The fourth-order valence-electron chi connectivity index (χ4n) is 2.19. The Morgan fingerprint density at radius 1 is 1.28 bits per heavy atom. The maximum Gasteiger partial charge on any atom is 0.254 e. The molecule has 0 aliphatic rings. The lowest BCUT2D eigenvalue weighted by Gasteiger charge is -2.20. The summed E-state index contributed by atoms with van der Waals surface area (Å²) in [6.45, 7) is 8.28. The third kappa shape index (κ3) is 3.57. The predicted molar refractivity (Wildman–Crippen MR) is 73.9 cm³/mol. The monoisotopic (exact) mass is 249 g/mol. The summed E-state index contributed by atoms with van der Waals surface area (Å²) in [5, 5.41) is 9.26. The van der Waals surface area contributed by atoms with Crippen LogP contribution in [0.1, 0.15) is 40.4 Å². The zero-order valence-electron chi connectivity index (χ0n) is 11.9. The zero-order chi connectivity index (χ0) is 13.9. The lowest BCUT2D eigenvalue weighted by molar-refractivity contribution is 0.0767. The molecule has 0 saturated carbocycles. The van der Waals surface area contributed by atoms with E-state index in [0.29, 0.717) is 13.0 Å². The highest BCUT2D eigenvalue weighted by molar-refractivity contribution is 5.97. The summed E-state index contributed by atoms with van der Waals surface area (Å²) >= 11 is 0. The molecule has 18 heavy (non-hydrogen) atoms. The molecule has 0 bridgehead atoms. The Balaban J connectivity index is 2.90. The Morgan fingerprint density at radius 2 is 1.78 bits per heavy atom. The molecule has 0 radical (unpaired) electrons. The largest absolute Gasteiger partial charge is 0.393 e. The van der Waals surface area contributed by atoms with Gasteiger partial charge in [-0.15, -0.1) is 0 Å². The van der Waals surface area contributed by atoms with E-state index < -0.39 is 0 Å². The fraction of sp³-hybridized carbons (Fsp3) is 0.533. The first kappa shape index (κ1) is 14.7. The quantitative estimate of drug-likeness (QED) is 0.890. The Labute approximate surface area is 109 Å². The van der Waals surface area contributed by atoms with E-state index in [0.717, 1.165) is 16.7 Å². The van der Waals surface area contributed by atoms with Gasteiger partial charge in [-0.3, -0.25) is 4.79 Å². The highest BCUT2D eigenvalue weighted by Gasteiger charge is 2.17. The summed E-state index contributed by atoms with van der Waals surface area (Å²) in [6.07, 6.45) is 0.229. The minimum atomic E-state index is -0.375. The summed E-state index contributed by atoms with van der Waals surface area (Å²) in [7, 11) is 1.78. The second kappa shape index (κ2) is 6.01. The molecule has 100 valence electrons. The van der Waals surface area contributed by atoms with Gasteiger partial charge in [-0.25, -0.2) is 0 Å². The Morgan fingerprint density at radius 3 is 2.22 bits per heavy atom. The highest BCUT2D eigenvalue weighted by Crippen LogP contribution is 2.18. The molecular formula is C15H23NO2. The van der Waals surface area contributed by atoms with Gasteiger partial charge in [0.15, 0.2) is 0 Å². The van der Waals surface area contributed by atoms with Crippen LogP contribution in [0.3, 0.4) is 0 Å². The van der Waals surface area contributed by atoms with Gasteiger partial charge >= 0.3 is 0 Å². The predicted octanol–water partition coefficient (Wildman–Crippen LogP) is 2.45. The molecule has 0 heterocycles. The number of rotatable bonds is 4. The minimum Gasteiger partial charge on any atom is -0.393 e. The first-order valence-electron chi connectivity index (χ1n) is 6.34. The number of carbonyl (C=O) groups is 1. The number of amides is 1. The standard InChI is InChI=1S/C15H23NO2/c1-10-8-11(2)14(12(3)9-10)15(18)16(5)7-6-13(4)17/h8-9,13,17H,6-7H2,1-5H3. The Bertz CT molecular complexity index is 415. The molecule has 1 N–H and O–H groups in total. The molecule has 0 aliphatic carbocycles. The molecule has 1 amide bonds. The third-order valence-corrected chi connectivity index (χ3v) is 3.12. The lowest BCUT2D eigenvalue weighted by atomic mass is 9.99. The van der Waals surface area contributed by atoms with Crippen molar-refractivity contribution in [3.63, 3.8) is 0 Å². The van der Waals surface area contributed by atoms with E-state index in [4.69, 9.17) is 0 Å². The van der Waals surface area contributed by atoms with Crippen molar-refractivity contribution in [3.8, 4) is 0 Å². The summed E-state index contributed by atoms with van der Waals surface area (Å²) in [4.78, 5) is 14.0. The first-order chi connectivity index (χ1) is 8.32. The Hall–Kier alpha value is -1.35. The zero-order valence-corrected chi connectivity index (χ0v) is 11.9. The average molecular weight is 249 g/mol. The molecule has 1 rings (SSSR count). The van der Waals surface area contributed by atoms with E-state index in [1.54, 1.807) is 18.9 Å². The number of benzene rings is 1. The molecule has 1 aromatic rings. The normalized spacial score (nSPS) is 12.3. The fourth-order valence-corrected chi connectivity index (χ4v) is 2.19. The summed E-state index contributed by atoms with van der Waals surface area (Å²) in [5.74, 6) is 0.0330. The van der Waals surface area contributed by atoms with Crippen molar-refractivity contribution in [1.29, 1.82) is 0 Å². The van der Waals surface area contributed by atoms with Crippen molar-refractivity contribution >= 4 is 5.91 Å². The van der Waals surface area contributed by atoms with Crippen LogP contribution in [-0.4, -0.2) is 35.6 Å². The van der Waals surface area contributed by atoms with Gasteiger partial charge < -0.3 is 10.0 Å². The van der Waals surface area contributed by atoms with Gasteiger partial charge in [0.2, 0.25) is 0 Å². The number of hydrogen-bond donors (Lipinski definition) is 1. The van der Waals surface area contributed by atoms with Gasteiger partial charge in [0, 0.05) is 19.2 Å². The summed E-state index contributed by atoms with van der Waals surface area (Å²) in [5.41, 5.74) is 3.99. The van der Waals surface area contributed by atoms with Crippen LogP contribution in [0.5, 0.6) is 0 Å². The van der Waals surface area contributed by atoms with E-state index in [1.807, 2.05) is 32.9 Å². The van der Waals surface area contributed by atoms with Gasteiger partial charge in [-0.2, -0.15) is 0 Å². The van der Waals surface area contributed by atoms with Crippen molar-refractivity contribution in [2.75, 3.05) is 13.6 Å². The van der Waals surface area contributed by atoms with Crippen LogP contribution >= 0.6 is 0 Å². The van der Waals surface area contributed by atoms with Crippen molar-refractivity contribution in [2.45, 2.75) is 40.2 Å². The average Bonchev–Trinajstić information content (AvgIpc) is 2.24. The van der Waals surface area contributed by atoms with Crippen LogP contribution in [-0.2, 0) is 0 Å². The SMILES string of the molecule is Cc1cc(C)c(C(=O)N(C)CCC(C)O)c(C)c1. The van der Waals surface area contributed by atoms with Crippen LogP contribution in [0.15, 0.2) is 12.1 Å². The van der Waals surface area contributed by atoms with Crippen LogP contribution < -0.4 is 0 Å². The molecule has 1 aromatic carbocycles. The molecule has 0 saturated heterocycles. The van der Waals surface area contributed by atoms with Gasteiger partial charge in [-0.1, -0.05) is 17.7 Å².